The van der Waals surface area contributed by atoms with Gasteiger partial charge in [-0.25, -0.2) is 4.98 Å². The molecule has 0 saturated heterocycles. The topological polar surface area (TPSA) is 87.4 Å². The van der Waals surface area contributed by atoms with Crippen molar-refractivity contribution in [2.75, 3.05) is 11.4 Å². The zero-order chi connectivity index (χ0) is 14.1. The highest BCUT2D eigenvalue weighted by Crippen LogP contribution is 2.27. The average Bonchev–Trinajstić information content (AvgIpc) is 2.81. The Morgan fingerprint density at radius 3 is 3.05 bits per heavy atom. The SMILES string of the molecule is Cc1cc(=O)[nH]c(/N=C(/N)N2CCc3ccccc32)n1. The number of H-pyrrole nitrogens is 1. The van der Waals surface area contributed by atoms with Crippen LogP contribution in [-0.2, 0) is 6.42 Å². The minimum atomic E-state index is -0.231. The molecule has 2 aromatic rings. The van der Waals surface area contributed by atoms with Gasteiger partial charge in [-0.1, -0.05) is 18.2 Å². The third kappa shape index (κ3) is 2.27. The second kappa shape index (κ2) is 4.80. The molecule has 1 aliphatic heterocycles. The zero-order valence-corrected chi connectivity index (χ0v) is 11.1. The largest absolute Gasteiger partial charge is 0.369 e. The first-order chi connectivity index (χ1) is 9.63. The molecule has 1 aromatic heterocycles. The maximum absolute atomic E-state index is 11.4. The Morgan fingerprint density at radius 2 is 2.25 bits per heavy atom. The molecule has 0 amide bonds. The van der Waals surface area contributed by atoms with Crippen molar-refractivity contribution in [2.24, 2.45) is 10.7 Å². The molecule has 0 spiro atoms. The van der Waals surface area contributed by atoms with Crippen LogP contribution in [0.1, 0.15) is 11.3 Å². The van der Waals surface area contributed by atoms with E-state index in [9.17, 15) is 4.79 Å². The lowest BCUT2D eigenvalue weighted by atomic mass is 10.2. The number of hydrogen-bond acceptors (Lipinski definition) is 3. The average molecular weight is 269 g/mol. The van der Waals surface area contributed by atoms with Gasteiger partial charge in [-0.15, -0.1) is 0 Å². The van der Waals surface area contributed by atoms with E-state index in [4.69, 9.17) is 5.73 Å². The van der Waals surface area contributed by atoms with Crippen LogP contribution in [0.25, 0.3) is 0 Å². The Hall–Kier alpha value is -2.63. The number of aryl methyl sites for hydroxylation is 1. The summed E-state index contributed by atoms with van der Waals surface area (Å²) >= 11 is 0. The molecule has 6 heteroatoms. The molecule has 1 aliphatic rings. The minimum Gasteiger partial charge on any atom is -0.369 e. The summed E-state index contributed by atoms with van der Waals surface area (Å²) in [5.74, 6) is 0.570. The van der Waals surface area contributed by atoms with Crippen molar-refractivity contribution in [3.8, 4) is 0 Å². The smallest absolute Gasteiger partial charge is 0.252 e. The molecule has 2 heterocycles. The maximum atomic E-state index is 11.4. The molecule has 0 radical (unpaired) electrons. The predicted octanol–water partition coefficient (Wildman–Crippen LogP) is 1.09. The van der Waals surface area contributed by atoms with Gasteiger partial charge in [0.05, 0.1) is 0 Å². The van der Waals surface area contributed by atoms with Crippen LogP contribution in [0.15, 0.2) is 40.1 Å². The van der Waals surface area contributed by atoms with Gasteiger partial charge in [0.1, 0.15) is 0 Å². The molecular weight excluding hydrogens is 254 g/mol. The van der Waals surface area contributed by atoms with Crippen LogP contribution in [0.2, 0.25) is 0 Å². The first kappa shape index (κ1) is 12.4. The van der Waals surface area contributed by atoms with Gasteiger partial charge in [0.15, 0.2) is 0 Å². The number of aromatic nitrogens is 2. The molecule has 1 aromatic carbocycles. The molecular formula is C14H15N5O. The molecule has 0 bridgehead atoms. The van der Waals surface area contributed by atoms with Crippen LogP contribution in [0.5, 0.6) is 0 Å². The molecule has 20 heavy (non-hydrogen) atoms. The number of guanidine groups is 1. The van der Waals surface area contributed by atoms with Gasteiger partial charge in [-0.3, -0.25) is 9.78 Å². The van der Waals surface area contributed by atoms with Crippen LogP contribution >= 0.6 is 0 Å². The third-order valence-corrected chi connectivity index (χ3v) is 3.24. The fraction of sp³-hybridized carbons (Fsp3) is 0.214. The Labute approximate surface area is 116 Å². The standard InChI is InChI=1S/C14H15N5O/c1-9-8-12(20)17-14(16-9)18-13(15)19-7-6-10-4-2-3-5-11(10)19/h2-5,8H,6-7H2,1H3,(H3,15,16,17,18,20). The Kier molecular flexibility index (Phi) is 2.98. The van der Waals surface area contributed by atoms with Gasteiger partial charge in [-0.05, 0) is 25.0 Å². The Balaban J connectivity index is 1.95. The maximum Gasteiger partial charge on any atom is 0.252 e. The summed E-state index contributed by atoms with van der Waals surface area (Å²) in [5, 5.41) is 0. The summed E-state index contributed by atoms with van der Waals surface area (Å²) < 4.78 is 0. The van der Waals surface area contributed by atoms with Crippen LogP contribution in [-0.4, -0.2) is 22.5 Å². The summed E-state index contributed by atoms with van der Waals surface area (Å²) in [7, 11) is 0. The first-order valence-electron chi connectivity index (χ1n) is 6.41. The number of anilines is 1. The molecule has 6 nitrogen and oxygen atoms in total. The lowest BCUT2D eigenvalue weighted by Crippen LogP contribution is -2.35. The fourth-order valence-electron chi connectivity index (χ4n) is 2.36. The lowest BCUT2D eigenvalue weighted by molar-refractivity contribution is 0.996. The van der Waals surface area contributed by atoms with Gasteiger partial charge < -0.3 is 10.6 Å². The van der Waals surface area contributed by atoms with E-state index in [-0.39, 0.29) is 11.5 Å². The second-order valence-corrected chi connectivity index (χ2v) is 4.71. The van der Waals surface area contributed by atoms with Crippen molar-refractivity contribution in [2.45, 2.75) is 13.3 Å². The predicted molar refractivity (Wildman–Crippen MR) is 78.4 cm³/mol. The van der Waals surface area contributed by atoms with Gasteiger partial charge in [0, 0.05) is 24.0 Å². The highest BCUT2D eigenvalue weighted by atomic mass is 16.1. The van der Waals surface area contributed by atoms with E-state index < -0.39 is 0 Å². The van der Waals surface area contributed by atoms with Crippen LogP contribution in [0.3, 0.4) is 0 Å². The summed E-state index contributed by atoms with van der Waals surface area (Å²) in [5.41, 5.74) is 8.73. The van der Waals surface area contributed by atoms with Crippen molar-refractivity contribution in [3.63, 3.8) is 0 Å². The molecule has 0 fully saturated rings. The van der Waals surface area contributed by atoms with E-state index in [2.05, 4.69) is 21.0 Å². The van der Waals surface area contributed by atoms with E-state index in [1.54, 1.807) is 6.92 Å². The summed E-state index contributed by atoms with van der Waals surface area (Å²) in [4.78, 5) is 24.3. The van der Waals surface area contributed by atoms with Crippen LogP contribution in [0, 0.1) is 6.92 Å². The third-order valence-electron chi connectivity index (χ3n) is 3.24. The highest BCUT2D eigenvalue weighted by molar-refractivity contribution is 5.97. The van der Waals surface area contributed by atoms with E-state index in [1.165, 1.54) is 11.6 Å². The van der Waals surface area contributed by atoms with Crippen molar-refractivity contribution in [1.29, 1.82) is 0 Å². The molecule has 0 saturated carbocycles. The van der Waals surface area contributed by atoms with E-state index in [0.29, 0.717) is 11.7 Å². The zero-order valence-electron chi connectivity index (χ0n) is 11.1. The van der Waals surface area contributed by atoms with Gasteiger partial charge in [0.2, 0.25) is 11.9 Å². The number of para-hydroxylation sites is 1. The summed E-state index contributed by atoms with van der Waals surface area (Å²) in [6.45, 7) is 2.53. The molecule has 3 rings (SSSR count). The molecule has 3 N–H and O–H groups in total. The molecule has 0 aliphatic carbocycles. The second-order valence-electron chi connectivity index (χ2n) is 4.71. The number of aliphatic imine (C=N–C) groups is 1. The van der Waals surface area contributed by atoms with Crippen molar-refractivity contribution in [3.05, 3.63) is 51.9 Å². The summed E-state index contributed by atoms with van der Waals surface area (Å²) in [6.07, 6.45) is 0.935. The number of nitrogens with one attached hydrogen (secondary N) is 1. The minimum absolute atomic E-state index is 0.231. The number of nitrogens with two attached hydrogens (primary N) is 1. The monoisotopic (exact) mass is 269 g/mol. The number of nitrogens with zero attached hydrogens (tertiary/aromatic N) is 3. The molecule has 102 valence electrons. The first-order valence-corrected chi connectivity index (χ1v) is 6.41. The number of aromatic amines is 1. The van der Waals surface area contributed by atoms with Crippen LogP contribution in [0.4, 0.5) is 11.6 Å². The van der Waals surface area contributed by atoms with Gasteiger partial charge >= 0.3 is 0 Å². The summed E-state index contributed by atoms with van der Waals surface area (Å²) in [6, 6.07) is 9.49. The molecule has 0 unspecified atom stereocenters. The number of fused-ring (bicyclic) bond motifs is 1. The van der Waals surface area contributed by atoms with E-state index in [1.807, 2.05) is 23.1 Å². The number of hydrogen-bond donors (Lipinski definition) is 2. The molecule has 0 atom stereocenters. The fourth-order valence-corrected chi connectivity index (χ4v) is 2.36. The van der Waals surface area contributed by atoms with Crippen molar-refractivity contribution in [1.82, 2.24) is 9.97 Å². The quantitative estimate of drug-likeness (QED) is 0.599. The van der Waals surface area contributed by atoms with Crippen molar-refractivity contribution < 1.29 is 0 Å². The normalized spacial score (nSPS) is 14.4. The highest BCUT2D eigenvalue weighted by Gasteiger charge is 2.21. The van der Waals surface area contributed by atoms with E-state index >= 15 is 0 Å². The van der Waals surface area contributed by atoms with Gasteiger partial charge in [-0.2, -0.15) is 4.99 Å². The van der Waals surface area contributed by atoms with Gasteiger partial charge in [0.25, 0.3) is 5.56 Å². The number of benzene rings is 1. The Bertz CT molecular complexity index is 734. The van der Waals surface area contributed by atoms with E-state index in [0.717, 1.165) is 18.7 Å². The Morgan fingerprint density at radius 1 is 1.45 bits per heavy atom. The van der Waals surface area contributed by atoms with Crippen LogP contribution < -0.4 is 16.2 Å². The lowest BCUT2D eigenvalue weighted by Gasteiger charge is -2.17. The van der Waals surface area contributed by atoms with Crippen molar-refractivity contribution >= 4 is 17.6 Å². The number of rotatable bonds is 1.